The number of halogens is 3. The van der Waals surface area contributed by atoms with E-state index in [1.807, 2.05) is 6.92 Å². The first-order valence-corrected chi connectivity index (χ1v) is 5.28. The van der Waals surface area contributed by atoms with Crippen LogP contribution >= 0.6 is 0 Å². The zero-order valence-electron chi connectivity index (χ0n) is 9.05. The lowest BCUT2D eigenvalue weighted by Crippen LogP contribution is -2.48. The van der Waals surface area contributed by atoms with E-state index in [4.69, 9.17) is 10.00 Å². The Bertz CT molecular complexity index is 256. The molecule has 1 aliphatic carbocycles. The summed E-state index contributed by atoms with van der Waals surface area (Å²) in [6, 6.07) is 1.31. The second-order valence-electron chi connectivity index (χ2n) is 3.88. The van der Waals surface area contributed by atoms with Gasteiger partial charge in [-0.15, -0.1) is 0 Å². The van der Waals surface area contributed by atoms with Crippen molar-refractivity contribution in [3.8, 4) is 6.07 Å². The maximum Gasteiger partial charge on any atom is 0.405 e. The molecule has 1 saturated carbocycles. The van der Waals surface area contributed by atoms with Gasteiger partial charge in [0.25, 0.3) is 0 Å². The van der Waals surface area contributed by atoms with Gasteiger partial charge in [0, 0.05) is 19.2 Å². The summed E-state index contributed by atoms with van der Waals surface area (Å²) in [5.41, 5.74) is 0. The summed E-state index contributed by atoms with van der Waals surface area (Å²) in [4.78, 5) is 0. The van der Waals surface area contributed by atoms with Crippen molar-refractivity contribution in [1.29, 1.82) is 5.26 Å². The fourth-order valence-corrected chi connectivity index (χ4v) is 1.62. The van der Waals surface area contributed by atoms with Crippen molar-refractivity contribution < 1.29 is 17.9 Å². The van der Waals surface area contributed by atoms with Crippen molar-refractivity contribution in [3.63, 3.8) is 0 Å². The lowest BCUT2D eigenvalue weighted by atomic mass is 9.89. The molecule has 1 unspecified atom stereocenters. The van der Waals surface area contributed by atoms with Crippen LogP contribution in [-0.2, 0) is 4.74 Å². The summed E-state index contributed by atoms with van der Waals surface area (Å²) in [5.74, 6) is -1.92. The quantitative estimate of drug-likeness (QED) is 0.792. The van der Waals surface area contributed by atoms with Crippen molar-refractivity contribution in [2.45, 2.75) is 38.1 Å². The number of hydrogen-bond acceptors (Lipinski definition) is 3. The highest BCUT2D eigenvalue weighted by Gasteiger charge is 2.40. The zero-order valence-corrected chi connectivity index (χ0v) is 9.05. The van der Waals surface area contributed by atoms with E-state index in [-0.39, 0.29) is 18.7 Å². The predicted molar refractivity (Wildman–Crippen MR) is 51.6 cm³/mol. The molecule has 0 aliphatic heterocycles. The average Bonchev–Trinajstić information content (AvgIpc) is 2.12. The number of nitrogens with one attached hydrogen (secondary N) is 1. The standard InChI is InChI=1S/C10H15F3N2O/c1-2-16-9-3-8(4-9)15-6-7(5-14)10(11,12)13/h7-9,15H,2-4,6H2,1H3. The summed E-state index contributed by atoms with van der Waals surface area (Å²) < 4.78 is 41.9. The van der Waals surface area contributed by atoms with Crippen LogP contribution in [0.5, 0.6) is 0 Å². The highest BCUT2D eigenvalue weighted by atomic mass is 19.4. The van der Waals surface area contributed by atoms with Gasteiger partial charge in [0.05, 0.1) is 12.2 Å². The maximum absolute atomic E-state index is 12.2. The molecule has 0 saturated heterocycles. The first kappa shape index (κ1) is 13.3. The van der Waals surface area contributed by atoms with Crippen molar-refractivity contribution in [3.05, 3.63) is 0 Å². The lowest BCUT2D eigenvalue weighted by Gasteiger charge is -2.36. The third kappa shape index (κ3) is 3.65. The first-order valence-electron chi connectivity index (χ1n) is 5.28. The monoisotopic (exact) mass is 236 g/mol. The topological polar surface area (TPSA) is 45.0 Å². The van der Waals surface area contributed by atoms with E-state index >= 15 is 0 Å². The molecule has 0 aromatic rings. The summed E-state index contributed by atoms with van der Waals surface area (Å²) in [6.45, 7) is 2.18. The molecule has 0 spiro atoms. The third-order valence-corrected chi connectivity index (χ3v) is 2.66. The van der Waals surface area contributed by atoms with Gasteiger partial charge in [0.2, 0.25) is 0 Å². The Balaban J connectivity index is 2.19. The second-order valence-corrected chi connectivity index (χ2v) is 3.88. The number of nitrogens with zero attached hydrogens (tertiary/aromatic N) is 1. The van der Waals surface area contributed by atoms with Crippen LogP contribution in [0.2, 0.25) is 0 Å². The van der Waals surface area contributed by atoms with Crippen LogP contribution in [0.25, 0.3) is 0 Å². The lowest BCUT2D eigenvalue weighted by molar-refractivity contribution is -0.158. The van der Waals surface area contributed by atoms with Gasteiger partial charge < -0.3 is 10.1 Å². The number of nitriles is 1. The Labute approximate surface area is 92.6 Å². The number of hydrogen-bond donors (Lipinski definition) is 1. The molecule has 0 amide bonds. The van der Waals surface area contributed by atoms with Crippen molar-refractivity contribution in [2.24, 2.45) is 5.92 Å². The molecule has 1 aliphatic rings. The third-order valence-electron chi connectivity index (χ3n) is 2.66. The molecule has 0 aromatic heterocycles. The van der Waals surface area contributed by atoms with E-state index in [0.717, 1.165) is 12.8 Å². The minimum Gasteiger partial charge on any atom is -0.378 e. The zero-order chi connectivity index (χ0) is 12.2. The van der Waals surface area contributed by atoms with E-state index in [1.165, 1.54) is 6.07 Å². The molecule has 0 bridgehead atoms. The Kier molecular flexibility index (Phi) is 4.56. The average molecular weight is 236 g/mol. The van der Waals surface area contributed by atoms with E-state index < -0.39 is 12.1 Å². The summed E-state index contributed by atoms with van der Waals surface area (Å²) >= 11 is 0. The molecular formula is C10H15F3N2O. The summed E-state index contributed by atoms with van der Waals surface area (Å²) in [6.07, 6.45) is -2.83. The Morgan fingerprint density at radius 2 is 2.12 bits per heavy atom. The predicted octanol–water partition coefficient (Wildman–Crippen LogP) is 1.85. The number of ether oxygens (including phenoxy) is 1. The van der Waals surface area contributed by atoms with Crippen LogP contribution in [-0.4, -0.2) is 31.5 Å². The highest BCUT2D eigenvalue weighted by Crippen LogP contribution is 2.27. The van der Waals surface area contributed by atoms with Crippen molar-refractivity contribution in [1.82, 2.24) is 5.32 Å². The molecule has 0 heterocycles. The van der Waals surface area contributed by atoms with Crippen LogP contribution in [0.4, 0.5) is 13.2 Å². The van der Waals surface area contributed by atoms with Crippen molar-refractivity contribution >= 4 is 0 Å². The molecule has 0 aromatic carbocycles. The van der Waals surface area contributed by atoms with Crippen LogP contribution in [0, 0.1) is 17.2 Å². The molecule has 16 heavy (non-hydrogen) atoms. The number of alkyl halides is 3. The van der Waals surface area contributed by atoms with E-state index in [0.29, 0.717) is 6.61 Å². The van der Waals surface area contributed by atoms with Gasteiger partial charge in [-0.2, -0.15) is 18.4 Å². The van der Waals surface area contributed by atoms with Crippen molar-refractivity contribution in [2.75, 3.05) is 13.2 Å². The fourth-order valence-electron chi connectivity index (χ4n) is 1.62. The molecule has 1 N–H and O–H groups in total. The van der Waals surface area contributed by atoms with Gasteiger partial charge >= 0.3 is 6.18 Å². The normalized spacial score (nSPS) is 26.9. The van der Waals surface area contributed by atoms with Crippen LogP contribution in [0.15, 0.2) is 0 Å². The van der Waals surface area contributed by atoms with Gasteiger partial charge in [-0.05, 0) is 19.8 Å². The molecule has 1 fully saturated rings. The Morgan fingerprint density at radius 3 is 2.56 bits per heavy atom. The fraction of sp³-hybridized carbons (Fsp3) is 0.900. The van der Waals surface area contributed by atoms with Gasteiger partial charge in [0.15, 0.2) is 5.92 Å². The molecule has 0 radical (unpaired) electrons. The summed E-state index contributed by atoms with van der Waals surface area (Å²) in [7, 11) is 0. The van der Waals surface area contributed by atoms with Crippen LogP contribution < -0.4 is 5.32 Å². The minimum atomic E-state index is -4.44. The van der Waals surface area contributed by atoms with Gasteiger partial charge in [-0.3, -0.25) is 0 Å². The van der Waals surface area contributed by atoms with Gasteiger partial charge in [-0.1, -0.05) is 0 Å². The molecule has 1 rings (SSSR count). The summed E-state index contributed by atoms with van der Waals surface area (Å²) in [5, 5.41) is 11.1. The minimum absolute atomic E-state index is 0.0507. The van der Waals surface area contributed by atoms with Gasteiger partial charge in [-0.25, -0.2) is 0 Å². The van der Waals surface area contributed by atoms with E-state index in [1.54, 1.807) is 0 Å². The molecule has 1 atom stereocenters. The van der Waals surface area contributed by atoms with E-state index in [9.17, 15) is 13.2 Å². The van der Waals surface area contributed by atoms with Crippen LogP contribution in [0.3, 0.4) is 0 Å². The van der Waals surface area contributed by atoms with Crippen LogP contribution in [0.1, 0.15) is 19.8 Å². The smallest absolute Gasteiger partial charge is 0.378 e. The molecule has 92 valence electrons. The molecule has 3 nitrogen and oxygen atoms in total. The van der Waals surface area contributed by atoms with E-state index in [2.05, 4.69) is 5.32 Å². The largest absolute Gasteiger partial charge is 0.405 e. The molecular weight excluding hydrogens is 221 g/mol. The Morgan fingerprint density at radius 1 is 1.50 bits per heavy atom. The Hall–Kier alpha value is -0.800. The second kappa shape index (κ2) is 5.51. The first-order chi connectivity index (χ1) is 7.47. The maximum atomic E-state index is 12.2. The number of rotatable bonds is 5. The van der Waals surface area contributed by atoms with Gasteiger partial charge in [0.1, 0.15) is 0 Å². The molecule has 6 heteroatoms. The highest BCUT2D eigenvalue weighted by molar-refractivity contribution is 4.93. The SMILES string of the molecule is CCOC1CC(NCC(C#N)C(F)(F)F)C1.